The van der Waals surface area contributed by atoms with Crippen LogP contribution in [0.25, 0.3) is 5.57 Å². The molecular formula is C41H50N6O8Si. The van der Waals surface area contributed by atoms with Crippen molar-refractivity contribution in [2.75, 3.05) is 85.0 Å². The zero-order chi connectivity index (χ0) is 40.7. The summed E-state index contributed by atoms with van der Waals surface area (Å²) in [7, 11) is 7.30. The van der Waals surface area contributed by atoms with Gasteiger partial charge in [0.05, 0.1) is 36.9 Å². The number of likely N-dealkylation sites (N-methyl/N-ethyl adjacent to an activating group) is 1. The van der Waals surface area contributed by atoms with Gasteiger partial charge in [-0.2, -0.15) is 0 Å². The number of nitro groups is 1. The molecule has 56 heavy (non-hydrogen) atoms. The molecule has 3 aromatic carbocycles. The average molecular weight is 783 g/mol. The van der Waals surface area contributed by atoms with Crippen molar-refractivity contribution >= 4 is 53.7 Å². The minimum atomic E-state index is -2.25. The Morgan fingerprint density at radius 1 is 0.875 bits per heavy atom. The molecule has 0 saturated carbocycles. The highest BCUT2D eigenvalue weighted by molar-refractivity contribution is 6.97. The van der Waals surface area contributed by atoms with E-state index >= 15 is 0 Å². The van der Waals surface area contributed by atoms with Crippen molar-refractivity contribution in [2.45, 2.75) is 19.1 Å². The smallest absolute Gasteiger partial charge is 0.336 e. The van der Waals surface area contributed by atoms with Crippen molar-refractivity contribution in [3.05, 3.63) is 122 Å². The molecule has 5 rings (SSSR count). The number of ether oxygens (including phenoxy) is 2. The van der Waals surface area contributed by atoms with E-state index in [2.05, 4.69) is 75.3 Å². The van der Waals surface area contributed by atoms with Crippen LogP contribution in [0.15, 0.2) is 83.6 Å². The Morgan fingerprint density at radius 3 is 2.20 bits per heavy atom. The lowest BCUT2D eigenvalue weighted by atomic mass is 9.86. The highest BCUT2D eigenvalue weighted by Crippen LogP contribution is 2.43. The summed E-state index contributed by atoms with van der Waals surface area (Å²) in [5.41, 5.74) is 5.04. The van der Waals surface area contributed by atoms with Crippen molar-refractivity contribution < 1.29 is 33.9 Å². The lowest BCUT2D eigenvalue weighted by Crippen LogP contribution is -2.50. The Kier molecular flexibility index (Phi) is 13.3. The second-order valence-corrected chi connectivity index (χ2v) is 18.8. The lowest BCUT2D eigenvalue weighted by Gasteiger charge is -2.40. The summed E-state index contributed by atoms with van der Waals surface area (Å²) in [4.78, 5) is 53.1. The number of nitro benzene ring substituents is 1. The maximum atomic E-state index is 13.4. The molecule has 3 aromatic rings. The van der Waals surface area contributed by atoms with Gasteiger partial charge in [-0.25, -0.2) is 4.79 Å². The molecule has 1 aliphatic carbocycles. The largest absolute Gasteiger partial charge is 0.478 e. The number of nitrogens with one attached hydrogen (secondary N) is 3. The summed E-state index contributed by atoms with van der Waals surface area (Å²) < 4.78 is 11.2. The highest BCUT2D eigenvalue weighted by atomic mass is 28.3. The van der Waals surface area contributed by atoms with E-state index < -0.39 is 24.9 Å². The number of amides is 2. The lowest BCUT2D eigenvalue weighted by molar-refractivity contribution is -0.384. The van der Waals surface area contributed by atoms with Gasteiger partial charge in [-0.05, 0) is 89.2 Å². The van der Waals surface area contributed by atoms with E-state index in [1.807, 2.05) is 28.2 Å². The molecule has 0 bridgehead atoms. The van der Waals surface area contributed by atoms with Crippen molar-refractivity contribution in [3.63, 3.8) is 0 Å². The molecule has 14 nitrogen and oxygen atoms in total. The fourth-order valence-electron chi connectivity index (χ4n) is 6.93. The number of carbonyl (C=O) groups is 3. The van der Waals surface area contributed by atoms with E-state index in [9.17, 15) is 29.6 Å². The number of hydrogen-bond donors (Lipinski definition) is 4. The molecular weight excluding hydrogens is 733 g/mol. The first-order valence-corrected chi connectivity index (χ1v) is 21.3. The minimum absolute atomic E-state index is 0.0974. The summed E-state index contributed by atoms with van der Waals surface area (Å²) in [6, 6.07) is 15.4. The number of anilines is 2. The zero-order valence-corrected chi connectivity index (χ0v) is 33.9. The number of hydrogen-bond acceptors (Lipinski definition) is 10. The topological polar surface area (TPSA) is 176 Å². The molecule has 1 unspecified atom stereocenters. The van der Waals surface area contributed by atoms with E-state index in [-0.39, 0.29) is 67.4 Å². The molecule has 2 aliphatic rings. The average Bonchev–Trinajstić information content (AvgIpc) is 3.17. The van der Waals surface area contributed by atoms with Gasteiger partial charge in [0.15, 0.2) is 0 Å². The summed E-state index contributed by atoms with van der Waals surface area (Å²) in [6.07, 6.45) is 6.55. The van der Waals surface area contributed by atoms with Gasteiger partial charge in [0.25, 0.3) is 17.5 Å². The van der Waals surface area contributed by atoms with E-state index in [1.54, 1.807) is 6.07 Å². The van der Waals surface area contributed by atoms with E-state index in [1.165, 1.54) is 47.8 Å². The number of carboxylic acids is 1. The Labute approximate surface area is 328 Å². The molecule has 0 aromatic heterocycles. The number of fused-ring (bicyclic) bond motifs is 2. The molecule has 0 radical (unpaired) electrons. The number of allylic oxidation sites excluding steroid dienone is 3. The maximum Gasteiger partial charge on any atom is 0.336 e. The summed E-state index contributed by atoms with van der Waals surface area (Å²) in [5, 5.41) is 32.6. The number of rotatable bonds is 17. The van der Waals surface area contributed by atoms with E-state index in [0.717, 1.165) is 22.4 Å². The monoisotopic (exact) mass is 782 g/mol. The molecule has 2 amide bonds. The predicted octanol–water partition coefficient (Wildman–Crippen LogP) is 4.29. The Hall–Kier alpha value is -5.61. The van der Waals surface area contributed by atoms with Crippen molar-refractivity contribution in [1.82, 2.24) is 15.5 Å². The molecule has 0 fully saturated rings. The number of carbonyl (C=O) groups excluding carboxylic acids is 2. The van der Waals surface area contributed by atoms with Crippen molar-refractivity contribution in [3.8, 4) is 0 Å². The molecule has 0 saturated heterocycles. The van der Waals surface area contributed by atoms with Crippen molar-refractivity contribution in [1.29, 1.82) is 0 Å². The third-order valence-corrected chi connectivity index (χ3v) is 13.6. The predicted molar refractivity (Wildman–Crippen MR) is 221 cm³/mol. The number of aromatic carboxylic acids is 1. The Balaban J connectivity index is 1.22. The van der Waals surface area contributed by atoms with Crippen molar-refractivity contribution in [2.24, 2.45) is 0 Å². The van der Waals surface area contributed by atoms with Crippen LogP contribution < -0.4 is 26.0 Å². The maximum absolute atomic E-state index is 13.4. The molecule has 1 heterocycles. The highest BCUT2D eigenvalue weighted by Gasteiger charge is 2.41. The number of benzene rings is 3. The van der Waals surface area contributed by atoms with Gasteiger partial charge in [-0.1, -0.05) is 37.4 Å². The van der Waals surface area contributed by atoms with Gasteiger partial charge in [0.2, 0.25) is 0 Å². The van der Waals surface area contributed by atoms with Crippen LogP contribution in [0, 0.1) is 10.1 Å². The molecule has 4 N–H and O–H groups in total. The standard InChI is InChI=1S/C41H50N6O8Si/c1-42-39(48)27-9-15-34(35(23-27)47(52)53)43-16-18-54-20-21-55-19-17-44-40(49)26-8-12-30(41(50)51)33(22-26)38-31-13-10-28(45(2)3)24-36(31)56(6,7)37-25-29(46(4)5)11-14-32(37)38/h8-15,22-25,28,43H,16-21H2,1-7H3,(H,42,48)(H,44,49)(H,50,51). The normalized spacial score (nSPS) is 15.4. The third-order valence-electron chi connectivity index (χ3n) is 10.0. The SMILES string of the molecule is CNC(=O)c1ccc(NCCOCCOCCNC(=O)c2ccc(C(=O)O)c(C3=C4C=CC(N(C)C)C=C4[Si](C)(C)c4cc(N(C)C)ccc43)c2)c([N+](=O)[O-])c1. The van der Waals surface area contributed by atoms with Gasteiger partial charge in [0.1, 0.15) is 13.8 Å². The molecule has 296 valence electrons. The fraction of sp³-hybridized carbons (Fsp3) is 0.341. The first kappa shape index (κ1) is 41.5. The Bertz CT molecular complexity index is 2110. The number of carboxylic acid groups (broad SMARTS) is 1. The minimum Gasteiger partial charge on any atom is -0.478 e. The Morgan fingerprint density at radius 2 is 1.55 bits per heavy atom. The van der Waals surface area contributed by atoms with Gasteiger partial charge < -0.3 is 35.4 Å². The van der Waals surface area contributed by atoms with Crippen LogP contribution in [0.2, 0.25) is 13.1 Å². The first-order chi connectivity index (χ1) is 26.6. The van der Waals surface area contributed by atoms with Crippen LogP contribution in [0.3, 0.4) is 0 Å². The fourth-order valence-corrected chi connectivity index (χ4v) is 10.1. The van der Waals surface area contributed by atoms with Gasteiger partial charge in [0, 0.05) is 63.2 Å². The van der Waals surface area contributed by atoms with Gasteiger partial charge >= 0.3 is 5.97 Å². The second kappa shape index (κ2) is 17.9. The van der Waals surface area contributed by atoms with Crippen LogP contribution in [-0.4, -0.2) is 122 Å². The molecule has 0 spiro atoms. The summed E-state index contributed by atoms with van der Waals surface area (Å²) >= 11 is 0. The van der Waals surface area contributed by atoms with Crippen LogP contribution in [0.1, 0.15) is 42.2 Å². The molecule has 15 heteroatoms. The molecule has 1 atom stereocenters. The van der Waals surface area contributed by atoms with Crippen LogP contribution in [0.4, 0.5) is 17.1 Å². The van der Waals surface area contributed by atoms with Gasteiger partial charge in [-0.3, -0.25) is 24.6 Å². The molecule has 1 aliphatic heterocycles. The quantitative estimate of drug-likeness (QED) is 0.0666. The van der Waals surface area contributed by atoms with Crippen LogP contribution >= 0.6 is 0 Å². The van der Waals surface area contributed by atoms with Crippen LogP contribution in [-0.2, 0) is 9.47 Å². The van der Waals surface area contributed by atoms with Gasteiger partial charge in [-0.15, -0.1) is 0 Å². The summed E-state index contributed by atoms with van der Waals surface area (Å²) in [5.74, 6) is -1.84. The van der Waals surface area contributed by atoms with E-state index in [4.69, 9.17) is 9.47 Å². The summed E-state index contributed by atoms with van der Waals surface area (Å²) in [6.45, 7) is 6.19. The number of nitrogens with zero attached hydrogens (tertiary/aromatic N) is 3. The van der Waals surface area contributed by atoms with Crippen LogP contribution in [0.5, 0.6) is 0 Å². The zero-order valence-electron chi connectivity index (χ0n) is 32.9. The second-order valence-electron chi connectivity index (χ2n) is 14.5. The third kappa shape index (κ3) is 9.08. The first-order valence-electron chi connectivity index (χ1n) is 18.3. The van der Waals surface area contributed by atoms with E-state index in [0.29, 0.717) is 17.7 Å².